The molecule has 0 atom stereocenters. The smallest absolute Gasteiger partial charge is 0.163 e. The molecule has 0 amide bonds. The first-order valence-electron chi connectivity index (χ1n) is 17.2. The van der Waals surface area contributed by atoms with Gasteiger partial charge >= 0.3 is 0 Å². The van der Waals surface area contributed by atoms with E-state index in [1.165, 1.54) is 52.8 Å². The lowest BCUT2D eigenvalue weighted by molar-refractivity contribution is 1.05. The molecule has 0 saturated heterocycles. The van der Waals surface area contributed by atoms with Crippen LogP contribution < -0.4 is 0 Å². The standard InChI is InChI=1S/C46H28N4S/c1-3-14-29(15-4-1)36-28-42(48-46(47-36)35-22-13-21-32-31-18-9-12-25-41(31)51-45(32)35)50-38-24-11-8-20-34(38)44-40(50)27-26-39-43(44)33-19-7-10-23-37(33)49(39)30-16-5-2-6-17-30/h1-28H. The maximum Gasteiger partial charge on any atom is 0.163 e. The number of fused-ring (bicyclic) bond motifs is 10. The number of rotatable bonds is 4. The van der Waals surface area contributed by atoms with Crippen LogP contribution in [0.15, 0.2) is 170 Å². The van der Waals surface area contributed by atoms with Crippen LogP contribution in [0.5, 0.6) is 0 Å². The van der Waals surface area contributed by atoms with Gasteiger partial charge in [-0.2, -0.15) is 0 Å². The molecule has 51 heavy (non-hydrogen) atoms. The van der Waals surface area contributed by atoms with Crippen LogP contribution in [0.4, 0.5) is 0 Å². The summed E-state index contributed by atoms with van der Waals surface area (Å²) in [4.78, 5) is 10.7. The van der Waals surface area contributed by atoms with Gasteiger partial charge in [0.25, 0.3) is 0 Å². The van der Waals surface area contributed by atoms with Crippen molar-refractivity contribution in [3.63, 3.8) is 0 Å². The fourth-order valence-corrected chi connectivity index (χ4v) is 9.18. The second kappa shape index (κ2) is 11.0. The Hall–Kier alpha value is -6.56. The molecule has 5 heteroatoms. The Morgan fingerprint density at radius 2 is 1.02 bits per heavy atom. The van der Waals surface area contributed by atoms with Gasteiger partial charge < -0.3 is 4.57 Å². The van der Waals surface area contributed by atoms with Crippen molar-refractivity contribution in [1.82, 2.24) is 19.1 Å². The Labute approximate surface area is 297 Å². The molecule has 4 heterocycles. The summed E-state index contributed by atoms with van der Waals surface area (Å²) in [6.07, 6.45) is 0. The Morgan fingerprint density at radius 1 is 0.431 bits per heavy atom. The van der Waals surface area contributed by atoms with Gasteiger partial charge in [0.15, 0.2) is 5.82 Å². The number of benzene rings is 7. The summed E-state index contributed by atoms with van der Waals surface area (Å²) in [5.74, 6) is 1.56. The van der Waals surface area contributed by atoms with Gasteiger partial charge in [-0.05, 0) is 48.5 Å². The number of thiophene rings is 1. The van der Waals surface area contributed by atoms with E-state index in [1.54, 1.807) is 0 Å². The van der Waals surface area contributed by atoms with Crippen LogP contribution in [0.25, 0.3) is 97.9 Å². The van der Waals surface area contributed by atoms with Crippen molar-refractivity contribution in [2.75, 3.05) is 0 Å². The normalized spacial score (nSPS) is 11.9. The van der Waals surface area contributed by atoms with E-state index >= 15 is 0 Å². The van der Waals surface area contributed by atoms with E-state index in [9.17, 15) is 0 Å². The molecular formula is C46H28N4S. The molecule has 0 aliphatic carbocycles. The van der Waals surface area contributed by atoms with E-state index in [1.807, 2.05) is 11.3 Å². The topological polar surface area (TPSA) is 35.6 Å². The van der Waals surface area contributed by atoms with E-state index in [0.717, 1.165) is 45.2 Å². The molecule has 4 nitrogen and oxygen atoms in total. The lowest BCUT2D eigenvalue weighted by Crippen LogP contribution is -2.02. The van der Waals surface area contributed by atoms with Crippen LogP contribution >= 0.6 is 11.3 Å². The largest absolute Gasteiger partial charge is 0.309 e. The van der Waals surface area contributed by atoms with Crippen LogP contribution in [0.3, 0.4) is 0 Å². The average Bonchev–Trinajstić information content (AvgIpc) is 3.86. The van der Waals surface area contributed by atoms with Gasteiger partial charge in [-0.25, -0.2) is 9.97 Å². The number of aromatic nitrogens is 4. The Kier molecular flexibility index (Phi) is 6.09. The number of para-hydroxylation sites is 3. The molecule has 0 radical (unpaired) electrons. The minimum Gasteiger partial charge on any atom is -0.309 e. The van der Waals surface area contributed by atoms with Crippen LogP contribution in [0.2, 0.25) is 0 Å². The van der Waals surface area contributed by atoms with Gasteiger partial charge in [0.05, 0.1) is 27.8 Å². The zero-order chi connectivity index (χ0) is 33.5. The van der Waals surface area contributed by atoms with E-state index in [2.05, 4.69) is 179 Å². The third kappa shape index (κ3) is 4.19. The van der Waals surface area contributed by atoms with E-state index in [4.69, 9.17) is 9.97 Å². The molecule has 4 aromatic heterocycles. The molecule has 0 aliphatic rings. The minimum atomic E-state index is 0.719. The summed E-state index contributed by atoms with van der Waals surface area (Å²) in [6, 6.07) is 60.4. The lowest BCUT2D eigenvalue weighted by atomic mass is 10.1. The third-order valence-electron chi connectivity index (χ3n) is 10.1. The average molecular weight is 669 g/mol. The fraction of sp³-hybridized carbons (Fsp3) is 0. The predicted octanol–water partition coefficient (Wildman–Crippen LogP) is 12.4. The summed E-state index contributed by atoms with van der Waals surface area (Å²) in [6.45, 7) is 0. The van der Waals surface area contributed by atoms with Crippen molar-refractivity contribution < 1.29 is 0 Å². The quantitative estimate of drug-likeness (QED) is 0.187. The van der Waals surface area contributed by atoms with Crippen LogP contribution in [-0.4, -0.2) is 19.1 Å². The predicted molar refractivity (Wildman–Crippen MR) is 214 cm³/mol. The fourth-order valence-electron chi connectivity index (χ4n) is 7.97. The zero-order valence-corrected chi connectivity index (χ0v) is 28.2. The lowest BCUT2D eigenvalue weighted by Gasteiger charge is -2.13. The highest BCUT2D eigenvalue weighted by atomic mass is 32.1. The van der Waals surface area contributed by atoms with Crippen LogP contribution in [0, 0.1) is 0 Å². The van der Waals surface area contributed by atoms with Gasteiger partial charge in [0, 0.05) is 64.6 Å². The molecule has 0 N–H and O–H groups in total. The maximum atomic E-state index is 5.44. The van der Waals surface area contributed by atoms with Crippen molar-refractivity contribution in [2.45, 2.75) is 0 Å². The Bertz CT molecular complexity index is 3130. The number of nitrogens with zero attached hydrogens (tertiary/aromatic N) is 4. The van der Waals surface area contributed by atoms with Gasteiger partial charge in [0.1, 0.15) is 5.82 Å². The molecule has 7 aromatic carbocycles. The Morgan fingerprint density at radius 3 is 1.76 bits per heavy atom. The SMILES string of the molecule is c1ccc(-c2cc(-n3c4ccccc4c4c5c6ccccc6n(-c6ccccc6)c5ccc43)nc(-c3cccc4c3sc3ccccc34)n2)cc1. The van der Waals surface area contributed by atoms with Gasteiger partial charge in [-0.3, -0.25) is 4.57 Å². The maximum absolute atomic E-state index is 5.44. The highest BCUT2D eigenvalue weighted by Gasteiger charge is 2.22. The first-order valence-corrected chi connectivity index (χ1v) is 18.0. The summed E-state index contributed by atoms with van der Waals surface area (Å²) in [5.41, 5.74) is 8.74. The molecule has 11 aromatic rings. The van der Waals surface area contributed by atoms with E-state index < -0.39 is 0 Å². The first kappa shape index (κ1) is 28.3. The monoisotopic (exact) mass is 668 g/mol. The molecule has 0 unspecified atom stereocenters. The first-order chi connectivity index (χ1) is 25.3. The van der Waals surface area contributed by atoms with Crippen LogP contribution in [0.1, 0.15) is 0 Å². The van der Waals surface area contributed by atoms with Crippen molar-refractivity contribution in [3.8, 4) is 34.2 Å². The molecule has 0 aliphatic heterocycles. The Balaban J connectivity index is 1.25. The molecule has 0 spiro atoms. The van der Waals surface area contributed by atoms with Gasteiger partial charge in [-0.15, -0.1) is 11.3 Å². The van der Waals surface area contributed by atoms with Crippen molar-refractivity contribution in [1.29, 1.82) is 0 Å². The highest BCUT2D eigenvalue weighted by molar-refractivity contribution is 7.26. The molecule has 238 valence electrons. The third-order valence-corrected chi connectivity index (χ3v) is 11.4. The van der Waals surface area contributed by atoms with Gasteiger partial charge in [-0.1, -0.05) is 115 Å². The summed E-state index contributed by atoms with van der Waals surface area (Å²) in [5, 5.41) is 7.39. The van der Waals surface area contributed by atoms with Gasteiger partial charge in [0.2, 0.25) is 0 Å². The van der Waals surface area contributed by atoms with Crippen molar-refractivity contribution >= 4 is 75.1 Å². The second-order valence-electron chi connectivity index (χ2n) is 13.0. The summed E-state index contributed by atoms with van der Waals surface area (Å²) >= 11 is 1.81. The van der Waals surface area contributed by atoms with E-state index in [-0.39, 0.29) is 0 Å². The molecular weight excluding hydrogens is 641 g/mol. The van der Waals surface area contributed by atoms with Crippen molar-refractivity contribution in [2.24, 2.45) is 0 Å². The number of hydrogen-bond donors (Lipinski definition) is 0. The van der Waals surface area contributed by atoms with Crippen molar-refractivity contribution in [3.05, 3.63) is 170 Å². The highest BCUT2D eigenvalue weighted by Crippen LogP contribution is 2.43. The summed E-state index contributed by atoms with van der Waals surface area (Å²) < 4.78 is 7.19. The molecule has 11 rings (SSSR count). The van der Waals surface area contributed by atoms with Crippen LogP contribution in [-0.2, 0) is 0 Å². The zero-order valence-electron chi connectivity index (χ0n) is 27.4. The number of hydrogen-bond acceptors (Lipinski definition) is 3. The summed E-state index contributed by atoms with van der Waals surface area (Å²) in [7, 11) is 0. The minimum absolute atomic E-state index is 0.719. The molecule has 0 saturated carbocycles. The molecule has 0 bridgehead atoms. The van der Waals surface area contributed by atoms with E-state index in [0.29, 0.717) is 0 Å². The second-order valence-corrected chi connectivity index (χ2v) is 14.0. The molecule has 0 fully saturated rings.